The lowest BCUT2D eigenvalue weighted by atomic mass is 9.78. The van der Waals surface area contributed by atoms with Crippen molar-refractivity contribution in [2.45, 2.75) is 71.4 Å². The summed E-state index contributed by atoms with van der Waals surface area (Å²) in [5, 5.41) is 11.8. The minimum Gasteiger partial charge on any atom is -0.481 e. The molecule has 1 saturated carbocycles. The van der Waals surface area contributed by atoms with Gasteiger partial charge in [0.25, 0.3) is 0 Å². The molecule has 9 heteroatoms. The fourth-order valence-corrected chi connectivity index (χ4v) is 3.09. The quantitative estimate of drug-likeness (QED) is 0.582. The molecule has 1 amide bonds. The maximum atomic E-state index is 12.6. The zero-order valence-electron chi connectivity index (χ0n) is 16.8. The highest BCUT2D eigenvalue weighted by Crippen LogP contribution is 2.30. The molecule has 3 unspecified atom stereocenters. The van der Waals surface area contributed by atoms with Crippen LogP contribution in [0.4, 0.5) is 0 Å². The number of rotatable bonds is 8. The van der Waals surface area contributed by atoms with E-state index in [1.165, 1.54) is 0 Å². The molecule has 0 bridgehead atoms. The fourth-order valence-electron chi connectivity index (χ4n) is 3.09. The first-order valence-corrected chi connectivity index (χ1v) is 9.32. The molecule has 0 aromatic heterocycles. The highest BCUT2D eigenvalue weighted by atomic mass is 16.6. The van der Waals surface area contributed by atoms with Crippen molar-refractivity contribution in [2.75, 3.05) is 6.61 Å². The van der Waals surface area contributed by atoms with Crippen LogP contribution in [-0.4, -0.2) is 53.0 Å². The van der Waals surface area contributed by atoms with Gasteiger partial charge in [-0.3, -0.25) is 24.0 Å². The maximum Gasteiger partial charge on any atom is 0.308 e. The molecule has 0 aliphatic heterocycles. The summed E-state index contributed by atoms with van der Waals surface area (Å²) in [6.07, 6.45) is 1.76. The van der Waals surface area contributed by atoms with Crippen LogP contribution in [0.5, 0.6) is 0 Å². The van der Waals surface area contributed by atoms with Crippen LogP contribution in [-0.2, 0) is 33.4 Å². The van der Waals surface area contributed by atoms with E-state index >= 15 is 0 Å². The van der Waals surface area contributed by atoms with Gasteiger partial charge in [-0.05, 0) is 33.6 Å². The highest BCUT2D eigenvalue weighted by molar-refractivity contribution is 5.95. The monoisotopic (exact) mass is 399 g/mol. The summed E-state index contributed by atoms with van der Waals surface area (Å²) in [6, 6.07) is -1.27. The standard InChI is InChI=1S/C19H29NO8/c1-11(21)27-10-15(22)14(9-16(23)28-19(2,3)4)20-17(24)12-7-5-6-8-13(12)18(25)26/h12-14H,5-10H2,1-4H3,(H,20,24)(H,25,26). The van der Waals surface area contributed by atoms with Crippen molar-refractivity contribution in [3.05, 3.63) is 0 Å². The Kier molecular flexibility index (Phi) is 8.59. The number of nitrogens with one attached hydrogen (secondary N) is 1. The number of ketones is 1. The predicted octanol–water partition coefficient (Wildman–Crippen LogP) is 1.23. The van der Waals surface area contributed by atoms with E-state index in [4.69, 9.17) is 4.74 Å². The number of hydrogen-bond donors (Lipinski definition) is 2. The van der Waals surface area contributed by atoms with Crippen molar-refractivity contribution in [1.29, 1.82) is 0 Å². The molecule has 1 aliphatic rings. The van der Waals surface area contributed by atoms with E-state index in [1.807, 2.05) is 0 Å². The first-order valence-electron chi connectivity index (χ1n) is 9.32. The summed E-state index contributed by atoms with van der Waals surface area (Å²) in [5.41, 5.74) is -0.775. The molecular formula is C19H29NO8. The second kappa shape index (κ2) is 10.2. The molecule has 0 radical (unpaired) electrons. The van der Waals surface area contributed by atoms with Gasteiger partial charge in [0, 0.05) is 6.92 Å². The van der Waals surface area contributed by atoms with Gasteiger partial charge < -0.3 is 19.9 Å². The Labute approximate surface area is 164 Å². The Morgan fingerprint density at radius 3 is 2.14 bits per heavy atom. The summed E-state index contributed by atoms with van der Waals surface area (Å²) in [5.74, 6) is -5.32. The average molecular weight is 399 g/mol. The van der Waals surface area contributed by atoms with Crippen LogP contribution in [0.25, 0.3) is 0 Å². The summed E-state index contributed by atoms with van der Waals surface area (Å²) in [7, 11) is 0. The van der Waals surface area contributed by atoms with Crippen LogP contribution < -0.4 is 5.32 Å². The Balaban J connectivity index is 2.88. The van der Waals surface area contributed by atoms with E-state index in [9.17, 15) is 29.1 Å². The molecule has 0 aromatic carbocycles. The average Bonchev–Trinajstić information content (AvgIpc) is 2.57. The van der Waals surface area contributed by atoms with E-state index in [2.05, 4.69) is 10.1 Å². The summed E-state index contributed by atoms with van der Waals surface area (Å²) in [6.45, 7) is 5.53. The molecule has 2 N–H and O–H groups in total. The van der Waals surface area contributed by atoms with Gasteiger partial charge in [-0.25, -0.2) is 0 Å². The lowest BCUT2D eigenvalue weighted by Gasteiger charge is -2.29. The molecule has 0 spiro atoms. The molecule has 0 aromatic rings. The number of esters is 2. The number of amides is 1. The molecule has 28 heavy (non-hydrogen) atoms. The minimum atomic E-state index is -1.27. The van der Waals surface area contributed by atoms with Crippen LogP contribution in [0.2, 0.25) is 0 Å². The molecule has 0 heterocycles. The van der Waals surface area contributed by atoms with E-state index in [1.54, 1.807) is 20.8 Å². The molecule has 1 fully saturated rings. The van der Waals surface area contributed by atoms with Crippen LogP contribution in [0.3, 0.4) is 0 Å². The largest absolute Gasteiger partial charge is 0.481 e. The van der Waals surface area contributed by atoms with E-state index in [0.717, 1.165) is 6.92 Å². The number of hydrogen-bond acceptors (Lipinski definition) is 7. The second-order valence-corrected chi connectivity index (χ2v) is 7.93. The van der Waals surface area contributed by atoms with Crippen molar-refractivity contribution in [2.24, 2.45) is 11.8 Å². The lowest BCUT2D eigenvalue weighted by molar-refractivity contribution is -0.157. The van der Waals surface area contributed by atoms with Crippen molar-refractivity contribution in [3.63, 3.8) is 0 Å². The number of aliphatic carboxylic acids is 1. The van der Waals surface area contributed by atoms with Crippen LogP contribution in [0.15, 0.2) is 0 Å². The Morgan fingerprint density at radius 2 is 1.64 bits per heavy atom. The van der Waals surface area contributed by atoms with Crippen LogP contribution >= 0.6 is 0 Å². The number of ether oxygens (including phenoxy) is 2. The molecule has 3 atom stereocenters. The van der Waals surface area contributed by atoms with Gasteiger partial charge in [0.1, 0.15) is 11.6 Å². The number of carbonyl (C=O) groups is 5. The molecule has 1 rings (SSSR count). The van der Waals surface area contributed by atoms with E-state index in [0.29, 0.717) is 25.7 Å². The van der Waals surface area contributed by atoms with Crippen molar-refractivity contribution in [3.8, 4) is 0 Å². The van der Waals surface area contributed by atoms with Gasteiger partial charge in [0.2, 0.25) is 5.91 Å². The summed E-state index contributed by atoms with van der Waals surface area (Å²) >= 11 is 0. The van der Waals surface area contributed by atoms with Gasteiger partial charge in [0.05, 0.1) is 18.3 Å². The number of carboxylic acids is 1. The van der Waals surface area contributed by atoms with E-state index < -0.39 is 66.1 Å². The second-order valence-electron chi connectivity index (χ2n) is 7.93. The van der Waals surface area contributed by atoms with Crippen molar-refractivity contribution >= 4 is 29.6 Å². The first kappa shape index (κ1) is 23.6. The normalized spacial score (nSPS) is 20.6. The highest BCUT2D eigenvalue weighted by Gasteiger charge is 2.37. The molecule has 9 nitrogen and oxygen atoms in total. The van der Waals surface area contributed by atoms with Crippen LogP contribution in [0, 0.1) is 11.8 Å². The smallest absolute Gasteiger partial charge is 0.308 e. The molecule has 0 saturated heterocycles. The third kappa shape index (κ3) is 8.06. The third-order valence-corrected chi connectivity index (χ3v) is 4.33. The molecule has 1 aliphatic carbocycles. The first-order chi connectivity index (χ1) is 12.9. The zero-order chi connectivity index (χ0) is 21.5. The Hall–Kier alpha value is -2.45. The summed E-state index contributed by atoms with van der Waals surface area (Å²) < 4.78 is 9.85. The summed E-state index contributed by atoms with van der Waals surface area (Å²) in [4.78, 5) is 59.5. The molecule has 158 valence electrons. The van der Waals surface area contributed by atoms with Gasteiger partial charge >= 0.3 is 17.9 Å². The lowest BCUT2D eigenvalue weighted by Crippen LogP contribution is -2.49. The Bertz CT molecular complexity index is 622. The number of carboxylic acid groups (broad SMARTS) is 1. The van der Waals surface area contributed by atoms with Gasteiger partial charge in [-0.15, -0.1) is 0 Å². The minimum absolute atomic E-state index is 0.381. The van der Waals surface area contributed by atoms with Gasteiger partial charge in [-0.1, -0.05) is 12.8 Å². The van der Waals surface area contributed by atoms with Crippen molar-refractivity contribution < 1.29 is 38.6 Å². The van der Waals surface area contributed by atoms with Gasteiger partial charge in [0.15, 0.2) is 12.4 Å². The van der Waals surface area contributed by atoms with Crippen molar-refractivity contribution in [1.82, 2.24) is 5.32 Å². The fraction of sp³-hybridized carbons (Fsp3) is 0.737. The SMILES string of the molecule is CC(=O)OCC(=O)C(CC(=O)OC(C)(C)C)NC(=O)C1CCCCC1C(=O)O. The predicted molar refractivity (Wildman–Crippen MR) is 97.1 cm³/mol. The maximum absolute atomic E-state index is 12.6. The molecular weight excluding hydrogens is 370 g/mol. The number of Topliss-reactive ketones (excluding diaryl/α,β-unsaturated/α-hetero) is 1. The van der Waals surface area contributed by atoms with Gasteiger partial charge in [-0.2, -0.15) is 0 Å². The zero-order valence-corrected chi connectivity index (χ0v) is 16.8. The Morgan fingerprint density at radius 1 is 1.07 bits per heavy atom. The van der Waals surface area contributed by atoms with Crippen LogP contribution in [0.1, 0.15) is 59.8 Å². The van der Waals surface area contributed by atoms with E-state index in [-0.39, 0.29) is 0 Å². The number of carbonyl (C=O) groups excluding carboxylic acids is 4. The topological polar surface area (TPSA) is 136 Å². The third-order valence-electron chi connectivity index (χ3n) is 4.33.